The summed E-state index contributed by atoms with van der Waals surface area (Å²) in [5.74, 6) is -15.6. The second-order valence-electron chi connectivity index (χ2n) is 22.0. The standard InChI is InChI=1S/C56H77N9O17S6/c1-28-49(74)42-25-86-87-26-43-51(76)56(81,82)27-88-83-18-16-36(60-40(21-46(57)71)55(80)65-17-4-5-44(65)53(78)59-28)35(50(75)39(20-32-8-12-34(69)13-9-32)64-52(77)37(61-43)14-15-47(72)73)23-84-85-24-41(45(70)22-58-54(79)48(63-42)30(3)67)62-38(29(2)66)19-31-6-10-33(68)11-7-31/h6-13,28,30,35-44,48,60-63,67-69,81-82H,4-5,14-27H2,1-3H3,(H2,57,71)(H,58,79)(H,59,78)(H,64,77)(H,72,73)/t28-,30+,35?,36?,37-,38-,39-,40-,41?,42?,43?,44-,48-/m0/s1. The Bertz CT molecular complexity index is 2830. The van der Waals surface area contributed by atoms with E-state index in [9.17, 15) is 69.0 Å². The van der Waals surface area contributed by atoms with Crippen molar-refractivity contribution in [2.75, 3.05) is 47.6 Å². The molecule has 5 aliphatic rings. The number of aromatic hydroxyl groups is 2. The van der Waals surface area contributed by atoms with E-state index in [-0.39, 0.29) is 78.3 Å². The highest BCUT2D eigenvalue weighted by Crippen LogP contribution is 2.34. The van der Waals surface area contributed by atoms with Crippen molar-refractivity contribution < 1.29 is 83.4 Å². The first-order valence-corrected chi connectivity index (χ1v) is 36.0. The second-order valence-corrected chi connectivity index (χ2v) is 29.7. The molecule has 0 radical (unpaired) electrons. The number of benzene rings is 2. The highest BCUT2D eigenvalue weighted by atomic mass is 33.1. The van der Waals surface area contributed by atoms with Gasteiger partial charge < -0.3 is 62.5 Å². The van der Waals surface area contributed by atoms with Crippen molar-refractivity contribution in [1.82, 2.24) is 42.1 Å². The fraction of sp³-hybridized carbons (Fsp3) is 0.589. The van der Waals surface area contributed by atoms with Gasteiger partial charge in [0.1, 0.15) is 29.4 Å². The van der Waals surface area contributed by atoms with Gasteiger partial charge in [0.2, 0.25) is 41.1 Å². The Kier molecular flexibility index (Phi) is 28.2. The van der Waals surface area contributed by atoms with E-state index in [1.165, 1.54) is 62.1 Å². The zero-order valence-corrected chi connectivity index (χ0v) is 53.5. The van der Waals surface area contributed by atoms with Crippen LogP contribution in [0.4, 0.5) is 0 Å². The van der Waals surface area contributed by atoms with Gasteiger partial charge in [-0.15, -0.1) is 0 Å². The van der Waals surface area contributed by atoms with Crippen LogP contribution in [0.2, 0.25) is 0 Å². The third kappa shape index (κ3) is 21.3. The number of hydrogen-bond donors (Lipinski definition) is 14. The summed E-state index contributed by atoms with van der Waals surface area (Å²) in [5, 5.41) is 84.7. The number of carboxylic acid groups (broad SMARTS) is 1. The highest BCUT2D eigenvalue weighted by Gasteiger charge is 2.45. The molecular weight excluding hydrogens is 1260 g/mol. The molecule has 484 valence electrons. The minimum Gasteiger partial charge on any atom is -0.508 e. The minimum atomic E-state index is -3.10. The van der Waals surface area contributed by atoms with Gasteiger partial charge in [0.25, 0.3) is 0 Å². The molecule has 26 nitrogen and oxygen atoms in total. The summed E-state index contributed by atoms with van der Waals surface area (Å²) in [6.45, 7) is 3.27. The van der Waals surface area contributed by atoms with E-state index >= 15 is 14.4 Å². The van der Waals surface area contributed by atoms with Gasteiger partial charge in [0, 0.05) is 53.7 Å². The number of carbonyl (C=O) groups is 11. The van der Waals surface area contributed by atoms with Crippen molar-refractivity contribution >= 4 is 129 Å². The molecule has 5 heterocycles. The first-order valence-electron chi connectivity index (χ1n) is 28.5. The number of nitrogens with two attached hydrogens (primary N) is 1. The van der Waals surface area contributed by atoms with Gasteiger partial charge >= 0.3 is 5.97 Å². The minimum absolute atomic E-state index is 0.0143. The van der Waals surface area contributed by atoms with Crippen LogP contribution >= 0.6 is 64.8 Å². The Balaban J connectivity index is 1.59. The van der Waals surface area contributed by atoms with Crippen LogP contribution in [0.5, 0.6) is 11.5 Å². The number of Topliss-reactive ketones (excluding diaryl/α,β-unsaturated/α-hetero) is 5. The quantitative estimate of drug-likeness (QED) is 0.0857. The van der Waals surface area contributed by atoms with Crippen LogP contribution in [-0.2, 0) is 65.6 Å². The van der Waals surface area contributed by atoms with Crippen molar-refractivity contribution in [2.24, 2.45) is 11.7 Å². The van der Waals surface area contributed by atoms with Gasteiger partial charge in [-0.25, -0.2) is 0 Å². The van der Waals surface area contributed by atoms with Gasteiger partial charge in [0.15, 0.2) is 17.3 Å². The number of fused-ring (bicyclic) bond motifs is 14. The molecule has 5 saturated heterocycles. The lowest BCUT2D eigenvalue weighted by Gasteiger charge is -2.35. The maximum atomic E-state index is 16.0. The van der Waals surface area contributed by atoms with Crippen molar-refractivity contribution in [2.45, 2.75) is 150 Å². The second kappa shape index (κ2) is 34.5. The Morgan fingerprint density at radius 3 is 2.02 bits per heavy atom. The van der Waals surface area contributed by atoms with E-state index in [1.807, 2.05) is 0 Å². The van der Waals surface area contributed by atoms with Gasteiger partial charge in [-0.2, -0.15) is 0 Å². The van der Waals surface area contributed by atoms with Crippen LogP contribution in [0.15, 0.2) is 48.5 Å². The largest absolute Gasteiger partial charge is 0.508 e. The first-order chi connectivity index (χ1) is 41.7. The number of hydrogen-bond acceptors (Lipinski definition) is 26. The molecule has 4 bridgehead atoms. The average Bonchev–Trinajstić information content (AvgIpc) is 3.21. The van der Waals surface area contributed by atoms with Gasteiger partial charge in [-0.1, -0.05) is 89.0 Å². The van der Waals surface area contributed by atoms with Crippen LogP contribution in [0.1, 0.15) is 70.4 Å². The molecule has 32 heteroatoms. The van der Waals surface area contributed by atoms with E-state index < -0.39 is 174 Å². The van der Waals surface area contributed by atoms with E-state index in [0.717, 1.165) is 64.8 Å². The van der Waals surface area contributed by atoms with Crippen molar-refractivity contribution in [3.63, 3.8) is 0 Å². The number of aliphatic hydroxyl groups is 3. The van der Waals surface area contributed by atoms with Crippen molar-refractivity contribution in [3.05, 3.63) is 59.7 Å². The number of ketones is 5. The SMILES string of the molecule is CC(=O)[C@H](Cc1ccc(O)cc1)NC1CSSCC2C(=O)[C@H](Cc3ccc(O)cc3)NC(=O)[C@H](CCC(=O)O)NC3CSSCC(N[C@@H]([C@@H](C)O)C(=O)NCC1=O)C(=O)[C@H](C)NC(=O)[C@@H]1CCCN1C(=O)[C@H](CC(N)=O)NC2CCSSCC(O)(O)C3=O. The molecule has 7 rings (SSSR count). The number of primary amides is 1. The van der Waals surface area contributed by atoms with Crippen molar-refractivity contribution in [3.8, 4) is 11.5 Å². The zero-order valence-electron chi connectivity index (χ0n) is 48.6. The number of aliphatic hydroxyl groups excluding tert-OH is 1. The molecule has 0 spiro atoms. The molecule has 2 aromatic carbocycles. The molecule has 5 fully saturated rings. The van der Waals surface area contributed by atoms with Crippen LogP contribution in [-0.4, -0.2) is 226 Å². The van der Waals surface area contributed by atoms with E-state index in [2.05, 4.69) is 37.2 Å². The number of carbonyl (C=O) groups excluding carboxylic acids is 10. The number of aliphatic carboxylic acids is 1. The molecule has 5 unspecified atom stereocenters. The first kappa shape index (κ1) is 72.1. The fourth-order valence-corrected chi connectivity index (χ4v) is 17.6. The van der Waals surface area contributed by atoms with Crippen LogP contribution in [0.3, 0.4) is 0 Å². The number of rotatable bonds is 13. The van der Waals surface area contributed by atoms with Gasteiger partial charge in [0.05, 0.1) is 73.2 Å². The average molecular weight is 1340 g/mol. The van der Waals surface area contributed by atoms with Gasteiger partial charge in [-0.05, 0) is 94.7 Å². The van der Waals surface area contributed by atoms with E-state index in [1.54, 1.807) is 12.1 Å². The summed E-state index contributed by atoms with van der Waals surface area (Å²) in [7, 11) is 5.90. The smallest absolute Gasteiger partial charge is 0.303 e. The monoisotopic (exact) mass is 1340 g/mol. The lowest BCUT2D eigenvalue weighted by molar-refractivity contribution is -0.175. The number of carboxylic acids is 1. The molecule has 0 aromatic heterocycles. The molecule has 5 amide bonds. The number of phenols is 2. The topological polar surface area (TPSA) is 423 Å². The fourth-order valence-electron chi connectivity index (χ4n) is 10.4. The molecule has 88 heavy (non-hydrogen) atoms. The summed E-state index contributed by atoms with van der Waals surface area (Å²) in [4.78, 5) is 159. The Morgan fingerprint density at radius 2 is 1.39 bits per heavy atom. The molecular formula is C56H77N9O17S6. The predicted molar refractivity (Wildman–Crippen MR) is 337 cm³/mol. The Hall–Kier alpha value is -4.97. The summed E-state index contributed by atoms with van der Waals surface area (Å²) in [6.07, 6.45) is -3.21. The van der Waals surface area contributed by atoms with Crippen LogP contribution in [0.25, 0.3) is 0 Å². The lowest BCUT2D eigenvalue weighted by atomic mass is 9.87. The van der Waals surface area contributed by atoms with Gasteiger partial charge in [-0.3, -0.25) is 68.7 Å². The molecule has 5 aliphatic heterocycles. The third-order valence-corrected chi connectivity index (χ3v) is 22.6. The number of phenolic OH excluding ortho intramolecular Hbond substituents is 2. The Morgan fingerprint density at radius 1 is 0.750 bits per heavy atom. The normalized spacial score (nSPS) is 29.0. The summed E-state index contributed by atoms with van der Waals surface area (Å²) in [6, 6.07) is -3.57. The Labute approximate surface area is 532 Å². The number of nitrogens with one attached hydrogen (secondary N) is 7. The highest BCUT2D eigenvalue weighted by molar-refractivity contribution is 8.77. The number of amides is 5. The van der Waals surface area contributed by atoms with Crippen molar-refractivity contribution in [1.29, 1.82) is 0 Å². The third-order valence-electron chi connectivity index (χ3n) is 15.3. The maximum Gasteiger partial charge on any atom is 0.303 e. The lowest BCUT2D eigenvalue weighted by Crippen LogP contribution is -2.61. The zero-order chi connectivity index (χ0) is 64.4. The van der Waals surface area contributed by atoms with E-state index in [4.69, 9.17) is 5.73 Å². The van der Waals surface area contributed by atoms with Crippen LogP contribution in [0, 0.1) is 5.92 Å². The molecule has 15 N–H and O–H groups in total. The summed E-state index contributed by atoms with van der Waals surface area (Å²) in [5.41, 5.74) is 6.91. The van der Waals surface area contributed by atoms with Crippen LogP contribution < -0.4 is 43.0 Å². The molecule has 2 aromatic rings. The number of nitrogens with zero attached hydrogens (tertiary/aromatic N) is 1. The summed E-state index contributed by atoms with van der Waals surface area (Å²) >= 11 is 0. The summed E-state index contributed by atoms with van der Waals surface area (Å²) < 4.78 is 0. The van der Waals surface area contributed by atoms with E-state index in [0.29, 0.717) is 17.5 Å². The predicted octanol–water partition coefficient (Wildman–Crippen LogP) is -0.854. The molecule has 0 saturated carbocycles. The maximum absolute atomic E-state index is 16.0. The molecule has 0 aliphatic carbocycles. The molecule has 13 atom stereocenters.